The van der Waals surface area contributed by atoms with E-state index >= 15 is 0 Å². The molecule has 4 rings (SSSR count). The van der Waals surface area contributed by atoms with Gasteiger partial charge in [-0.2, -0.15) is 0 Å². The summed E-state index contributed by atoms with van der Waals surface area (Å²) in [5.74, 6) is 0.282. The van der Waals surface area contributed by atoms with Crippen molar-refractivity contribution in [2.75, 3.05) is 11.5 Å². The normalized spacial score (nSPS) is 17.1. The topological polar surface area (TPSA) is 80.2 Å². The number of hydrogen-bond acceptors (Lipinski definition) is 6. The van der Waals surface area contributed by atoms with Gasteiger partial charge in [0.05, 0.1) is 22.7 Å². The summed E-state index contributed by atoms with van der Waals surface area (Å²) in [6, 6.07) is 15.8. The third-order valence-corrected chi connectivity index (χ3v) is 9.42. The summed E-state index contributed by atoms with van der Waals surface area (Å²) in [4.78, 5) is 24.2. The van der Waals surface area contributed by atoms with E-state index in [0.717, 1.165) is 11.1 Å². The fraction of sp³-hybridized carbons (Fsp3) is 0.393. The highest BCUT2D eigenvalue weighted by Crippen LogP contribution is 2.28. The zero-order chi connectivity index (χ0) is 26.8. The van der Waals surface area contributed by atoms with Gasteiger partial charge in [0, 0.05) is 18.3 Å². The number of rotatable bonds is 7. The van der Waals surface area contributed by atoms with Crippen molar-refractivity contribution in [2.24, 2.45) is 0 Å². The lowest BCUT2D eigenvalue weighted by molar-refractivity contribution is 0.0674. The van der Waals surface area contributed by atoms with Crippen molar-refractivity contribution in [2.45, 2.75) is 63.0 Å². The van der Waals surface area contributed by atoms with Crippen molar-refractivity contribution >= 4 is 39.1 Å². The fourth-order valence-electron chi connectivity index (χ4n) is 4.35. The molecule has 0 bridgehead atoms. The first-order valence-corrected chi connectivity index (χ1v) is 15.4. The van der Waals surface area contributed by atoms with Crippen LogP contribution in [0.2, 0.25) is 5.02 Å². The Hall–Kier alpha value is -2.42. The molecule has 1 aliphatic heterocycles. The first kappa shape index (κ1) is 27.6. The maximum Gasteiger partial charge on any atom is 0.274 e. The SMILES string of the molecule is Cc1cccc(CSc2ncc(Cl)c(C(=O)N(Cc3ccc(C(C)(C)C)cc3)C3CCS(=O)(=O)C3)n2)c1. The van der Waals surface area contributed by atoms with E-state index in [0.29, 0.717) is 17.3 Å². The summed E-state index contributed by atoms with van der Waals surface area (Å²) in [6.45, 7) is 8.75. The lowest BCUT2D eigenvalue weighted by Crippen LogP contribution is -2.41. The summed E-state index contributed by atoms with van der Waals surface area (Å²) < 4.78 is 24.6. The molecule has 9 heteroatoms. The van der Waals surface area contributed by atoms with Crippen LogP contribution in [0.5, 0.6) is 0 Å². The lowest BCUT2D eigenvalue weighted by atomic mass is 9.86. The average Bonchev–Trinajstić information content (AvgIpc) is 3.20. The minimum absolute atomic E-state index is 0.00850. The molecule has 1 saturated heterocycles. The number of carbonyl (C=O) groups is 1. The van der Waals surface area contributed by atoms with E-state index in [1.165, 1.54) is 29.1 Å². The number of benzene rings is 2. The molecule has 0 radical (unpaired) electrons. The number of aromatic nitrogens is 2. The predicted molar refractivity (Wildman–Crippen MR) is 150 cm³/mol. The molecule has 0 spiro atoms. The molecule has 0 saturated carbocycles. The van der Waals surface area contributed by atoms with Crippen LogP contribution in [-0.2, 0) is 27.5 Å². The lowest BCUT2D eigenvalue weighted by Gasteiger charge is -2.29. The number of nitrogens with zero attached hydrogens (tertiary/aromatic N) is 3. The Morgan fingerprint density at radius 3 is 2.49 bits per heavy atom. The molecule has 2 heterocycles. The molecule has 0 aliphatic carbocycles. The maximum atomic E-state index is 13.8. The predicted octanol–water partition coefficient (Wildman–Crippen LogP) is 5.86. The van der Waals surface area contributed by atoms with Gasteiger partial charge in [0.25, 0.3) is 5.91 Å². The minimum Gasteiger partial charge on any atom is -0.329 e. The van der Waals surface area contributed by atoms with Crippen LogP contribution in [0, 0.1) is 6.92 Å². The van der Waals surface area contributed by atoms with Crippen LogP contribution in [0.3, 0.4) is 0 Å². The maximum absolute atomic E-state index is 13.8. The fourth-order valence-corrected chi connectivity index (χ4v) is 7.01. The van der Waals surface area contributed by atoms with E-state index in [4.69, 9.17) is 11.6 Å². The molecular weight excluding hydrogens is 526 g/mol. The van der Waals surface area contributed by atoms with Crippen LogP contribution in [0.25, 0.3) is 0 Å². The zero-order valence-electron chi connectivity index (χ0n) is 21.6. The Morgan fingerprint density at radius 1 is 1.14 bits per heavy atom. The summed E-state index contributed by atoms with van der Waals surface area (Å²) >= 11 is 7.84. The third kappa shape index (κ3) is 7.12. The molecule has 37 heavy (non-hydrogen) atoms. The summed E-state index contributed by atoms with van der Waals surface area (Å²) in [7, 11) is -3.20. The Morgan fingerprint density at radius 2 is 1.86 bits per heavy atom. The molecule has 3 aromatic rings. The second kappa shape index (κ2) is 11.1. The highest BCUT2D eigenvalue weighted by Gasteiger charge is 2.36. The van der Waals surface area contributed by atoms with E-state index in [1.54, 1.807) is 4.90 Å². The molecule has 1 fully saturated rings. The molecule has 0 N–H and O–H groups in total. The first-order valence-electron chi connectivity index (χ1n) is 12.2. The Labute approximate surface area is 228 Å². The van der Waals surface area contributed by atoms with Crippen molar-refractivity contribution in [3.63, 3.8) is 0 Å². The van der Waals surface area contributed by atoms with Gasteiger partial charge in [-0.25, -0.2) is 18.4 Å². The highest BCUT2D eigenvalue weighted by molar-refractivity contribution is 7.98. The quantitative estimate of drug-likeness (QED) is 0.267. The van der Waals surface area contributed by atoms with Crippen molar-refractivity contribution < 1.29 is 13.2 Å². The van der Waals surface area contributed by atoms with Gasteiger partial charge in [0.15, 0.2) is 20.7 Å². The second-order valence-electron chi connectivity index (χ2n) is 10.6. The molecule has 1 unspecified atom stereocenters. The number of sulfone groups is 1. The van der Waals surface area contributed by atoms with E-state index in [2.05, 4.69) is 48.9 Å². The number of aryl methyl sites for hydroxylation is 1. The average molecular weight is 558 g/mol. The van der Waals surface area contributed by atoms with Crippen molar-refractivity contribution in [1.82, 2.24) is 14.9 Å². The van der Waals surface area contributed by atoms with Crippen LogP contribution in [-0.4, -0.2) is 46.7 Å². The van der Waals surface area contributed by atoms with Crippen LogP contribution < -0.4 is 0 Å². The summed E-state index contributed by atoms with van der Waals surface area (Å²) in [5, 5.41) is 0.599. The zero-order valence-corrected chi connectivity index (χ0v) is 24.0. The number of hydrogen-bond donors (Lipinski definition) is 0. The van der Waals surface area contributed by atoms with E-state index in [1.807, 2.05) is 37.3 Å². The smallest absolute Gasteiger partial charge is 0.274 e. The molecule has 1 atom stereocenters. The molecule has 1 aliphatic rings. The molecule has 1 aromatic heterocycles. The molecule has 1 amide bonds. The Balaban J connectivity index is 1.59. The van der Waals surface area contributed by atoms with Gasteiger partial charge < -0.3 is 4.90 Å². The molecule has 6 nitrogen and oxygen atoms in total. The standard InChI is InChI=1S/C28H32ClN3O3S2/c1-19-6-5-7-21(14-19)17-36-27-30-15-24(29)25(31-27)26(33)32(23-12-13-37(34,35)18-23)16-20-8-10-22(11-9-20)28(2,3)4/h5-11,14-15,23H,12-13,16-18H2,1-4H3. The van der Waals surface area contributed by atoms with Crippen LogP contribution >= 0.6 is 23.4 Å². The van der Waals surface area contributed by atoms with Crippen molar-refractivity contribution in [3.05, 3.63) is 87.7 Å². The van der Waals surface area contributed by atoms with Gasteiger partial charge in [-0.1, -0.05) is 98.2 Å². The van der Waals surface area contributed by atoms with E-state index in [-0.39, 0.29) is 40.1 Å². The number of amides is 1. The van der Waals surface area contributed by atoms with Gasteiger partial charge in [-0.05, 0) is 35.4 Å². The first-order chi connectivity index (χ1) is 17.4. The van der Waals surface area contributed by atoms with Crippen LogP contribution in [0.15, 0.2) is 59.9 Å². The third-order valence-electron chi connectivity index (χ3n) is 6.46. The van der Waals surface area contributed by atoms with Gasteiger partial charge in [-0.15, -0.1) is 0 Å². The van der Waals surface area contributed by atoms with Crippen molar-refractivity contribution in [3.8, 4) is 0 Å². The van der Waals surface area contributed by atoms with E-state index in [9.17, 15) is 13.2 Å². The monoisotopic (exact) mass is 557 g/mol. The van der Waals surface area contributed by atoms with Crippen molar-refractivity contribution in [1.29, 1.82) is 0 Å². The Bertz CT molecular complexity index is 1390. The van der Waals surface area contributed by atoms with Crippen LogP contribution in [0.4, 0.5) is 0 Å². The summed E-state index contributed by atoms with van der Waals surface area (Å²) in [5.41, 5.74) is 4.52. The van der Waals surface area contributed by atoms with E-state index < -0.39 is 15.9 Å². The molecule has 2 aromatic carbocycles. The van der Waals surface area contributed by atoms with Crippen LogP contribution in [0.1, 0.15) is 59.9 Å². The molecule has 196 valence electrons. The van der Waals surface area contributed by atoms with Gasteiger partial charge in [0.2, 0.25) is 0 Å². The second-order valence-corrected chi connectivity index (χ2v) is 14.1. The summed E-state index contributed by atoms with van der Waals surface area (Å²) in [6.07, 6.45) is 1.84. The van der Waals surface area contributed by atoms with Gasteiger partial charge in [-0.3, -0.25) is 4.79 Å². The minimum atomic E-state index is -3.20. The Kier molecular flexibility index (Phi) is 8.31. The van der Waals surface area contributed by atoms with Gasteiger partial charge in [0.1, 0.15) is 0 Å². The number of thioether (sulfide) groups is 1. The highest BCUT2D eigenvalue weighted by atomic mass is 35.5. The molecular formula is C28H32ClN3O3S2. The van der Waals surface area contributed by atoms with Gasteiger partial charge >= 0.3 is 0 Å². The number of carbonyl (C=O) groups excluding carboxylic acids is 1. The number of halogens is 1. The largest absolute Gasteiger partial charge is 0.329 e.